The zero-order valence-electron chi connectivity index (χ0n) is 49.9. The zero-order valence-corrected chi connectivity index (χ0v) is 49.9. The van der Waals surface area contributed by atoms with Crippen LogP contribution in [-0.2, 0) is 46.2 Å². The first-order chi connectivity index (χ1) is 39.0. The predicted octanol–water partition coefficient (Wildman–Crippen LogP) is 8.40. The summed E-state index contributed by atoms with van der Waals surface area (Å²) in [5.74, 6) is -3.91. The van der Waals surface area contributed by atoms with Gasteiger partial charge in [-0.3, -0.25) is 19.2 Å². The average molecular weight is 1150 g/mol. The van der Waals surface area contributed by atoms with Gasteiger partial charge in [-0.05, 0) is 159 Å². The number of nitrogens with one attached hydrogen (secondary N) is 6. The fourth-order valence-corrected chi connectivity index (χ4v) is 8.73. The highest BCUT2D eigenvalue weighted by atomic mass is 16.6. The van der Waals surface area contributed by atoms with E-state index in [1.807, 2.05) is 24.3 Å². The topological polar surface area (TPSA) is 278 Å². The van der Waals surface area contributed by atoms with E-state index in [2.05, 4.69) is 51.0 Å². The number of hydrogen-bond acceptors (Lipinski definition) is 13. The third-order valence-corrected chi connectivity index (χ3v) is 12.7. The molecule has 1 aliphatic rings. The van der Waals surface area contributed by atoms with Crippen LogP contribution in [0.3, 0.4) is 0 Å². The molecule has 7 amide bonds. The van der Waals surface area contributed by atoms with E-state index >= 15 is 4.79 Å². The number of nitrogens with zero attached hydrogens (tertiary/aromatic N) is 1. The first-order valence-electron chi connectivity index (χ1n) is 28.0. The molecule has 1 aliphatic heterocycles. The number of carbonyl (C=O) groups is 8. The van der Waals surface area contributed by atoms with Crippen LogP contribution in [0.25, 0.3) is 22.3 Å². The van der Waals surface area contributed by atoms with Crippen LogP contribution in [0.1, 0.15) is 135 Å². The monoisotopic (exact) mass is 1150 g/mol. The predicted molar refractivity (Wildman–Crippen MR) is 313 cm³/mol. The molecule has 5 rings (SSSR count). The number of aryl methyl sites for hydroxylation is 1. The number of ether oxygens (including phenoxy) is 5. The molecule has 83 heavy (non-hydrogen) atoms. The molecule has 0 saturated heterocycles. The minimum Gasteiger partial charge on any atom is -0.491 e. The van der Waals surface area contributed by atoms with Gasteiger partial charge in [0.1, 0.15) is 65.7 Å². The van der Waals surface area contributed by atoms with Gasteiger partial charge in [-0.2, -0.15) is 0 Å². The van der Waals surface area contributed by atoms with Crippen molar-refractivity contribution in [3.05, 3.63) is 107 Å². The summed E-state index contributed by atoms with van der Waals surface area (Å²) < 4.78 is 28.8. The third-order valence-electron chi connectivity index (χ3n) is 12.7. The van der Waals surface area contributed by atoms with Gasteiger partial charge in [0.2, 0.25) is 17.7 Å². The molecule has 4 atom stereocenters. The van der Waals surface area contributed by atoms with Crippen molar-refractivity contribution in [1.29, 1.82) is 0 Å². The highest BCUT2D eigenvalue weighted by Crippen LogP contribution is 2.40. The molecule has 4 bridgehead atoms. The number of alkyl carbamates (subject to hydrolysis) is 3. The second kappa shape index (κ2) is 29.6. The normalized spacial score (nSPS) is 15.8. The number of fused-ring (bicyclic) bond motifs is 5. The first kappa shape index (κ1) is 65.5. The summed E-state index contributed by atoms with van der Waals surface area (Å²) in [6.45, 7) is 18.9. The van der Waals surface area contributed by atoms with Gasteiger partial charge in [-0.1, -0.05) is 61.9 Å². The molecule has 4 aromatic carbocycles. The van der Waals surface area contributed by atoms with Gasteiger partial charge >= 0.3 is 24.2 Å². The maximum absolute atomic E-state index is 15.2. The molecular formula is C62H83N7O14. The number of carbonyl (C=O) groups excluding carboxylic acids is 7. The van der Waals surface area contributed by atoms with Gasteiger partial charge < -0.3 is 65.6 Å². The number of carboxylic acids is 1. The van der Waals surface area contributed by atoms with Crippen molar-refractivity contribution < 1.29 is 67.1 Å². The first-order valence-corrected chi connectivity index (χ1v) is 28.0. The Morgan fingerprint density at radius 3 is 1.67 bits per heavy atom. The molecule has 7 N–H and O–H groups in total. The summed E-state index contributed by atoms with van der Waals surface area (Å²) in [5.41, 5.74) is 2.26. The Kier molecular flexibility index (Phi) is 23.3. The third kappa shape index (κ3) is 21.2. The summed E-state index contributed by atoms with van der Waals surface area (Å²) in [5, 5.41) is 26.5. The molecule has 0 fully saturated rings. The number of amides is 7. The minimum atomic E-state index is -1.55. The Labute approximate surface area is 486 Å². The van der Waals surface area contributed by atoms with Gasteiger partial charge in [0.25, 0.3) is 5.91 Å². The van der Waals surface area contributed by atoms with E-state index < -0.39 is 88.8 Å². The van der Waals surface area contributed by atoms with Crippen molar-refractivity contribution in [1.82, 2.24) is 36.8 Å². The number of carboxylic acid groups (broad SMARTS) is 1. The van der Waals surface area contributed by atoms with Crippen molar-refractivity contribution in [3.63, 3.8) is 0 Å². The van der Waals surface area contributed by atoms with Crippen LogP contribution < -0.4 is 41.4 Å². The molecule has 0 radical (unpaired) electrons. The quantitative estimate of drug-likeness (QED) is 0.0305. The molecule has 21 nitrogen and oxygen atoms in total. The molecule has 450 valence electrons. The summed E-state index contributed by atoms with van der Waals surface area (Å²) in [7, 11) is 1.38. The Balaban J connectivity index is 1.59. The average Bonchev–Trinajstić information content (AvgIpc) is 2.95. The Bertz CT molecular complexity index is 2910. The highest BCUT2D eigenvalue weighted by molar-refractivity contribution is 5.99. The van der Waals surface area contributed by atoms with Crippen LogP contribution in [0.4, 0.5) is 14.4 Å². The van der Waals surface area contributed by atoms with E-state index in [0.717, 1.165) is 35.3 Å². The van der Waals surface area contributed by atoms with Gasteiger partial charge in [0.15, 0.2) is 0 Å². The fraction of sp³-hybridized carbons (Fsp3) is 0.484. The molecule has 0 aliphatic carbocycles. The zero-order chi connectivity index (χ0) is 61.2. The Morgan fingerprint density at radius 1 is 0.651 bits per heavy atom. The van der Waals surface area contributed by atoms with Crippen LogP contribution in [0.15, 0.2) is 84.9 Å². The van der Waals surface area contributed by atoms with Gasteiger partial charge in [0.05, 0.1) is 13.1 Å². The lowest BCUT2D eigenvalue weighted by Gasteiger charge is -2.32. The lowest BCUT2D eigenvalue weighted by atomic mass is 9.93. The van der Waals surface area contributed by atoms with Crippen molar-refractivity contribution in [3.8, 4) is 33.8 Å². The van der Waals surface area contributed by atoms with Crippen LogP contribution >= 0.6 is 0 Å². The highest BCUT2D eigenvalue weighted by Gasteiger charge is 2.36. The molecule has 21 heteroatoms. The summed E-state index contributed by atoms with van der Waals surface area (Å²) in [4.78, 5) is 110. The van der Waals surface area contributed by atoms with Crippen LogP contribution in [0, 0.1) is 0 Å². The second-order valence-electron chi connectivity index (χ2n) is 23.3. The number of likely N-dealkylation sites (N-methyl/N-ethyl adjacent to an activating group) is 1. The fourth-order valence-electron chi connectivity index (χ4n) is 8.73. The smallest absolute Gasteiger partial charge is 0.407 e. The molecule has 1 heterocycles. The summed E-state index contributed by atoms with van der Waals surface area (Å²) in [6.07, 6.45) is 1.05. The minimum absolute atomic E-state index is 0.00398. The molecule has 4 aromatic rings. The number of hydrogen-bond donors (Lipinski definition) is 7. The van der Waals surface area contributed by atoms with E-state index in [1.165, 1.54) is 19.5 Å². The summed E-state index contributed by atoms with van der Waals surface area (Å²) >= 11 is 0. The number of rotatable bonds is 21. The van der Waals surface area contributed by atoms with Crippen molar-refractivity contribution in [2.24, 2.45) is 0 Å². The molecule has 0 unspecified atom stereocenters. The van der Waals surface area contributed by atoms with Crippen molar-refractivity contribution >= 4 is 47.9 Å². The number of unbranched alkanes of at least 4 members (excludes halogenated alkanes) is 1. The Hall–Kier alpha value is -8.36. The van der Waals surface area contributed by atoms with Gasteiger partial charge in [-0.15, -0.1) is 0 Å². The van der Waals surface area contributed by atoms with Crippen molar-refractivity contribution in [2.75, 3.05) is 39.9 Å². The van der Waals surface area contributed by atoms with E-state index in [-0.39, 0.29) is 74.7 Å². The van der Waals surface area contributed by atoms with Crippen molar-refractivity contribution in [2.45, 2.75) is 156 Å². The number of aliphatic carboxylic acids is 1. The Morgan fingerprint density at radius 2 is 1.16 bits per heavy atom. The van der Waals surface area contributed by atoms with E-state index in [0.29, 0.717) is 16.7 Å². The van der Waals surface area contributed by atoms with E-state index in [4.69, 9.17) is 23.7 Å². The molecule has 0 saturated carbocycles. The second-order valence-corrected chi connectivity index (χ2v) is 23.3. The standard InChI is InChI=1S/C62H83N7O14/c1-13-14-16-39-18-21-41(22-19-39)42-23-25-43(26-24-42)53(71)67-47(17-15-30-63-57(76)81-60(3,4)5)55(73)69(12)51-44-27-29-50(80-34-32-65-59(78)83-62(9,10)11)46(37-44)45-35-40(36-48(56(74)75)68-52(70)38(2)66-54(51)72)20-28-49(45)79-33-31-64-58(77)82-61(6,7)8/h18-29,35,37-38,47-48,51H,13-17,30-34,36H2,1-12H3,(H,63,76)(H,64,77)(H,65,78)(H,66,72)(H,67,71)(H,68,70)(H,74,75)/t38-,47-,48-,51-/m0/s1. The largest absolute Gasteiger partial charge is 0.491 e. The van der Waals surface area contributed by atoms with Crippen LogP contribution in [0.5, 0.6) is 11.5 Å². The van der Waals surface area contributed by atoms with E-state index in [1.54, 1.807) is 111 Å². The lowest BCUT2D eigenvalue weighted by molar-refractivity contribution is -0.143. The molecular weight excluding hydrogens is 1070 g/mol. The lowest BCUT2D eigenvalue weighted by Crippen LogP contribution is -2.54. The van der Waals surface area contributed by atoms with Gasteiger partial charge in [-0.25, -0.2) is 19.2 Å². The molecule has 0 aromatic heterocycles. The maximum Gasteiger partial charge on any atom is 0.407 e. The summed E-state index contributed by atoms with van der Waals surface area (Å²) in [6, 6.07) is 19.1. The van der Waals surface area contributed by atoms with Crippen LogP contribution in [0.2, 0.25) is 0 Å². The SMILES string of the molecule is CCCCc1ccc(-c2ccc(C(=O)N[C@@H](CCCNC(=O)OC(C)(C)C)C(=O)N(C)[C@@H]3C(=O)N[C@@H](C)C(=O)N[C@H](C(=O)O)Cc4ccc(OCCNC(=O)OC(C)(C)C)c(c4)-c4cc3ccc4OCCNC(=O)OC(C)(C)C)cc2)cc1. The van der Waals surface area contributed by atoms with Crippen LogP contribution in [-0.4, -0.2) is 133 Å². The number of benzene rings is 4. The van der Waals surface area contributed by atoms with Gasteiger partial charge in [0, 0.05) is 36.7 Å². The van der Waals surface area contributed by atoms with E-state index in [9.17, 15) is 38.7 Å². The maximum atomic E-state index is 15.2. The molecule has 0 spiro atoms.